The second-order valence-corrected chi connectivity index (χ2v) is 4.53. The highest BCUT2D eigenvalue weighted by atomic mass is 16.2. The molecule has 2 amide bonds. The first-order valence-electron chi connectivity index (χ1n) is 8.93. The number of hydrogen-bond acceptors (Lipinski definition) is 1. The first-order chi connectivity index (χ1) is 12.2. The molecule has 0 aliphatic rings. The molecule has 0 aliphatic carbocycles. The Hall–Kier alpha value is -2.75. The molecule has 0 atom stereocenters. The molecule has 21 heavy (non-hydrogen) atoms. The van der Waals surface area contributed by atoms with Crippen LogP contribution in [0.25, 0.3) is 10.9 Å². The summed E-state index contributed by atoms with van der Waals surface area (Å²) in [7, 11) is 0. The number of benzene rings is 2. The molecular formula is C17H17N3O. The van der Waals surface area contributed by atoms with Crippen LogP contribution in [-0.4, -0.2) is 11.0 Å². The van der Waals surface area contributed by atoms with Gasteiger partial charge in [-0.3, -0.25) is 0 Å². The highest BCUT2D eigenvalue weighted by molar-refractivity contribution is 6.05. The molecule has 4 heteroatoms. The molecule has 106 valence electrons. The highest BCUT2D eigenvalue weighted by Gasteiger charge is 2.07. The molecule has 0 spiro atoms. The molecule has 0 aliphatic heterocycles. The zero-order valence-electron chi connectivity index (χ0n) is 16.1. The number of aromatic nitrogens is 1. The summed E-state index contributed by atoms with van der Waals surface area (Å²) in [6, 6.07) is 12.7. The van der Waals surface area contributed by atoms with Gasteiger partial charge < -0.3 is 15.6 Å². The van der Waals surface area contributed by atoms with Crippen LogP contribution < -0.4 is 10.6 Å². The molecule has 0 radical (unpaired) electrons. The Morgan fingerprint density at radius 2 is 2.00 bits per heavy atom. The van der Waals surface area contributed by atoms with E-state index >= 15 is 0 Å². The first-order valence-corrected chi connectivity index (χ1v) is 6.43. The lowest BCUT2D eigenvalue weighted by atomic mass is 10.1. The lowest BCUT2D eigenvalue weighted by Crippen LogP contribution is -2.19. The van der Waals surface area contributed by atoms with E-state index in [1.165, 1.54) is 24.3 Å². The van der Waals surface area contributed by atoms with Gasteiger partial charge in [-0.05, 0) is 30.1 Å². The number of aryl methyl sites for hydroxylation is 1. The van der Waals surface area contributed by atoms with E-state index in [0.29, 0.717) is 11.4 Å². The minimum Gasteiger partial charge on any atom is -0.359 e. The number of H-pyrrole nitrogens is 1. The van der Waals surface area contributed by atoms with Crippen LogP contribution >= 0.6 is 0 Å². The summed E-state index contributed by atoms with van der Waals surface area (Å²) in [4.78, 5) is 15.2. The predicted octanol–water partition coefficient (Wildman–Crippen LogP) is 4.37. The lowest BCUT2D eigenvalue weighted by molar-refractivity contribution is 0.262. The average molecular weight is 284 g/mol. The van der Waals surface area contributed by atoms with Crippen molar-refractivity contribution in [3.05, 3.63) is 60.3 Å². The van der Waals surface area contributed by atoms with Gasteiger partial charge >= 0.3 is 6.03 Å². The zero-order valence-corrected chi connectivity index (χ0v) is 11.1. The second-order valence-electron chi connectivity index (χ2n) is 4.53. The molecule has 2 aromatic carbocycles. The van der Waals surface area contributed by atoms with Crippen LogP contribution in [0.15, 0.2) is 54.7 Å². The van der Waals surface area contributed by atoms with Crippen molar-refractivity contribution in [3.63, 3.8) is 0 Å². The number of fused-ring (bicyclic) bond motifs is 1. The van der Waals surface area contributed by atoms with E-state index in [9.17, 15) is 4.79 Å². The number of rotatable bonds is 3. The Kier molecular flexibility index (Phi) is 2.32. The maximum absolute atomic E-state index is 12.2. The van der Waals surface area contributed by atoms with Crippen molar-refractivity contribution < 1.29 is 11.6 Å². The van der Waals surface area contributed by atoms with Crippen molar-refractivity contribution in [2.75, 3.05) is 10.6 Å². The van der Waals surface area contributed by atoms with E-state index < -0.39 is 19.3 Å². The van der Waals surface area contributed by atoms with Gasteiger partial charge in [0.15, 0.2) is 0 Å². The van der Waals surface area contributed by atoms with Crippen LogP contribution in [0.4, 0.5) is 16.2 Å². The lowest BCUT2D eigenvalue weighted by Gasteiger charge is -2.07. The first kappa shape index (κ1) is 8.52. The molecule has 0 saturated heterocycles. The van der Waals surface area contributed by atoms with E-state index in [-0.39, 0.29) is 5.56 Å². The van der Waals surface area contributed by atoms with E-state index in [1.54, 1.807) is 6.20 Å². The van der Waals surface area contributed by atoms with Crippen LogP contribution in [0.3, 0.4) is 0 Å². The third kappa shape index (κ3) is 2.89. The Bertz CT molecular complexity index is 931. The third-order valence-corrected chi connectivity index (χ3v) is 3.12. The Labute approximate surface area is 130 Å². The largest absolute Gasteiger partial charge is 0.359 e. The fraction of sp³-hybridized carbons (Fsp3) is 0.118. The van der Waals surface area contributed by atoms with Crippen molar-refractivity contribution in [2.24, 2.45) is 0 Å². The van der Waals surface area contributed by atoms with Gasteiger partial charge in [0, 0.05) is 29.6 Å². The van der Waals surface area contributed by atoms with Crippen molar-refractivity contribution >= 4 is 28.3 Å². The number of para-hydroxylation sites is 1. The molecule has 0 bridgehead atoms. The summed E-state index contributed by atoms with van der Waals surface area (Å²) in [5, 5.41) is 6.25. The molecule has 0 fully saturated rings. The van der Waals surface area contributed by atoms with E-state index in [4.69, 9.17) is 6.85 Å². The van der Waals surface area contributed by atoms with Gasteiger partial charge in [-0.2, -0.15) is 0 Å². The van der Waals surface area contributed by atoms with Gasteiger partial charge in [-0.25, -0.2) is 4.79 Å². The second kappa shape index (κ2) is 5.71. The van der Waals surface area contributed by atoms with E-state index in [1.807, 2.05) is 24.3 Å². The molecular weight excluding hydrogens is 262 g/mol. The molecule has 0 unspecified atom stereocenters. The van der Waals surface area contributed by atoms with Gasteiger partial charge in [-0.15, -0.1) is 0 Å². The summed E-state index contributed by atoms with van der Waals surface area (Å²) in [6.45, 7) is -2.77. The number of urea groups is 1. The van der Waals surface area contributed by atoms with E-state index in [2.05, 4.69) is 15.6 Å². The maximum atomic E-state index is 12.2. The Morgan fingerprint density at radius 3 is 2.81 bits per heavy atom. The monoisotopic (exact) mass is 284 g/mol. The number of aromatic amines is 1. The smallest absolute Gasteiger partial charge is 0.323 e. The van der Waals surface area contributed by atoms with Gasteiger partial charge in [0.1, 0.15) is 0 Å². The quantitative estimate of drug-likeness (QED) is 0.657. The summed E-state index contributed by atoms with van der Waals surface area (Å²) in [5.41, 5.74) is 1.99. The summed E-state index contributed by atoms with van der Waals surface area (Å²) >= 11 is 0. The minimum absolute atomic E-state index is 0.0279. The number of nitrogens with one attached hydrogen (secondary N) is 3. The topological polar surface area (TPSA) is 56.9 Å². The fourth-order valence-corrected chi connectivity index (χ4v) is 2.10. The third-order valence-electron chi connectivity index (χ3n) is 3.12. The fourth-order valence-electron chi connectivity index (χ4n) is 2.10. The number of hydrogen-bond donors (Lipinski definition) is 3. The Morgan fingerprint density at radius 1 is 1.19 bits per heavy atom. The van der Waals surface area contributed by atoms with Crippen LogP contribution in [-0.2, 0) is 6.37 Å². The van der Waals surface area contributed by atoms with Crippen molar-refractivity contribution in [1.29, 1.82) is 0 Å². The predicted molar refractivity (Wildman–Crippen MR) is 86.8 cm³/mol. The molecule has 0 saturated carbocycles. The molecule has 1 heterocycles. The van der Waals surface area contributed by atoms with Crippen LogP contribution in [0.1, 0.15) is 19.3 Å². The SMILES string of the molecule is [2H]C([2H])([2H])C([2H])([2H])c1ccc(NC(=O)Nc2c[nH]c3ccccc23)cc1. The van der Waals surface area contributed by atoms with Gasteiger partial charge in [0.2, 0.25) is 0 Å². The molecule has 3 N–H and O–H groups in total. The minimum atomic E-state index is -2.77. The van der Waals surface area contributed by atoms with Crippen molar-refractivity contribution in [3.8, 4) is 0 Å². The Balaban J connectivity index is 1.70. The molecule has 3 aromatic rings. The standard InChI is InChI=1S/C17H17N3O/c1-2-12-7-9-13(10-8-12)19-17(21)20-16-11-18-15-6-4-3-5-14(15)16/h3-11,18H,2H2,1H3,(H2,19,20,21)/i1D3,2D2. The van der Waals surface area contributed by atoms with Crippen LogP contribution in [0.2, 0.25) is 0 Å². The molecule has 1 aromatic heterocycles. The van der Waals surface area contributed by atoms with Gasteiger partial charge in [0.25, 0.3) is 0 Å². The van der Waals surface area contributed by atoms with Crippen molar-refractivity contribution in [1.82, 2.24) is 4.98 Å². The summed E-state index contributed by atoms with van der Waals surface area (Å²) < 4.78 is 37.3. The average Bonchev–Trinajstić information content (AvgIpc) is 2.97. The van der Waals surface area contributed by atoms with E-state index in [0.717, 1.165) is 10.9 Å². The van der Waals surface area contributed by atoms with Gasteiger partial charge in [0.05, 0.1) is 5.69 Å². The van der Waals surface area contributed by atoms with Crippen molar-refractivity contribution in [2.45, 2.75) is 13.2 Å². The summed E-state index contributed by atoms with van der Waals surface area (Å²) in [5.74, 6) is 0. The number of carbonyl (C=O) groups is 1. The number of anilines is 2. The highest BCUT2D eigenvalue weighted by Crippen LogP contribution is 2.22. The number of amides is 2. The summed E-state index contributed by atoms with van der Waals surface area (Å²) in [6.07, 6.45) is -0.768. The molecule has 4 nitrogen and oxygen atoms in total. The van der Waals surface area contributed by atoms with Gasteiger partial charge in [-0.1, -0.05) is 37.2 Å². The molecule has 3 rings (SSSR count). The van der Waals surface area contributed by atoms with Crippen LogP contribution in [0.5, 0.6) is 0 Å². The number of carbonyl (C=O) groups excluding carboxylic acids is 1. The normalized spacial score (nSPS) is 15.3. The van der Waals surface area contributed by atoms with Crippen LogP contribution in [0, 0.1) is 0 Å². The zero-order chi connectivity index (χ0) is 18.9. The maximum Gasteiger partial charge on any atom is 0.323 e.